The van der Waals surface area contributed by atoms with Crippen molar-refractivity contribution in [2.45, 2.75) is 13.0 Å². The number of rotatable bonds is 3. The zero-order chi connectivity index (χ0) is 16.1. The van der Waals surface area contributed by atoms with Gasteiger partial charge < -0.3 is 9.88 Å². The van der Waals surface area contributed by atoms with E-state index in [0.717, 1.165) is 39.1 Å². The molecule has 0 saturated carbocycles. The minimum Gasteiger partial charge on any atom is -0.352 e. The van der Waals surface area contributed by atoms with E-state index in [4.69, 9.17) is 12.2 Å². The molecule has 0 unspecified atom stereocenters. The van der Waals surface area contributed by atoms with Gasteiger partial charge in [0.1, 0.15) is 4.64 Å². The summed E-state index contributed by atoms with van der Waals surface area (Å²) < 4.78 is 0.517. The third-order valence-electron chi connectivity index (χ3n) is 4.17. The highest BCUT2D eigenvalue weighted by atomic mass is 32.1. The van der Waals surface area contributed by atoms with Crippen molar-refractivity contribution in [2.75, 3.05) is 26.2 Å². The zero-order valence-corrected chi connectivity index (χ0v) is 13.9. The molecule has 2 heterocycles. The number of carbonyl (C=O) groups excluding carboxylic acids is 1. The predicted molar refractivity (Wildman–Crippen MR) is 93.9 cm³/mol. The molecule has 0 atom stereocenters. The van der Waals surface area contributed by atoms with E-state index in [1.807, 2.05) is 17.0 Å². The summed E-state index contributed by atoms with van der Waals surface area (Å²) in [6, 6.07) is 14.1. The Bertz CT molecular complexity index is 713. The molecule has 0 spiro atoms. The van der Waals surface area contributed by atoms with E-state index in [0.29, 0.717) is 10.2 Å². The van der Waals surface area contributed by atoms with Crippen molar-refractivity contribution in [1.29, 1.82) is 0 Å². The first-order valence-corrected chi connectivity index (χ1v) is 8.38. The van der Waals surface area contributed by atoms with Gasteiger partial charge in [0.2, 0.25) is 0 Å². The number of carbonyl (C=O) groups is 1. The van der Waals surface area contributed by atoms with Crippen LogP contribution >= 0.6 is 12.2 Å². The second-order valence-corrected chi connectivity index (χ2v) is 6.23. The van der Waals surface area contributed by atoms with Crippen LogP contribution in [0, 0.1) is 4.64 Å². The van der Waals surface area contributed by atoms with E-state index >= 15 is 0 Å². The fourth-order valence-corrected chi connectivity index (χ4v) is 3.16. The fraction of sp³-hybridized carbons (Fsp3) is 0.333. The number of benzene rings is 1. The molecular weight excluding hydrogens is 306 g/mol. The SMILES string of the molecule is O=C(c1ccc[nH]c1=S)N1CCCN(Cc2ccccc2)CC1. The minimum absolute atomic E-state index is 0.0356. The van der Waals surface area contributed by atoms with Crippen LogP contribution in [0.1, 0.15) is 22.3 Å². The summed E-state index contributed by atoms with van der Waals surface area (Å²) in [4.78, 5) is 19.9. The summed E-state index contributed by atoms with van der Waals surface area (Å²) in [5.74, 6) is 0.0356. The van der Waals surface area contributed by atoms with Gasteiger partial charge in [0.25, 0.3) is 5.91 Å². The van der Waals surface area contributed by atoms with Gasteiger partial charge in [0.15, 0.2) is 0 Å². The standard InChI is InChI=1S/C18H21N3OS/c22-18(16-8-4-9-19-17(16)23)21-11-5-10-20(12-13-21)14-15-6-2-1-3-7-15/h1-4,6-9H,5,10-14H2,(H,19,23). The molecule has 120 valence electrons. The van der Waals surface area contributed by atoms with E-state index in [2.05, 4.69) is 34.1 Å². The van der Waals surface area contributed by atoms with E-state index in [1.54, 1.807) is 12.3 Å². The highest BCUT2D eigenvalue weighted by molar-refractivity contribution is 7.71. The van der Waals surface area contributed by atoms with Gasteiger partial charge in [0, 0.05) is 38.9 Å². The first kappa shape index (κ1) is 15.9. The van der Waals surface area contributed by atoms with E-state index in [-0.39, 0.29) is 5.91 Å². The lowest BCUT2D eigenvalue weighted by Crippen LogP contribution is -2.35. The van der Waals surface area contributed by atoms with E-state index in [9.17, 15) is 4.79 Å². The van der Waals surface area contributed by atoms with Crippen LogP contribution in [0.3, 0.4) is 0 Å². The molecule has 0 aliphatic carbocycles. The maximum absolute atomic E-state index is 12.7. The zero-order valence-electron chi connectivity index (χ0n) is 13.1. The van der Waals surface area contributed by atoms with Crippen LogP contribution in [0.4, 0.5) is 0 Å². The Hall–Kier alpha value is -1.98. The predicted octanol–water partition coefficient (Wildman–Crippen LogP) is 3.09. The molecule has 4 nitrogen and oxygen atoms in total. The molecule has 0 radical (unpaired) electrons. The monoisotopic (exact) mass is 327 g/mol. The number of hydrogen-bond donors (Lipinski definition) is 1. The maximum atomic E-state index is 12.7. The van der Waals surface area contributed by atoms with Crippen molar-refractivity contribution in [2.24, 2.45) is 0 Å². The first-order chi connectivity index (χ1) is 11.2. The first-order valence-electron chi connectivity index (χ1n) is 7.97. The number of nitrogens with one attached hydrogen (secondary N) is 1. The maximum Gasteiger partial charge on any atom is 0.256 e. The average Bonchev–Trinajstić information content (AvgIpc) is 2.81. The van der Waals surface area contributed by atoms with Crippen LogP contribution in [0.2, 0.25) is 0 Å². The van der Waals surface area contributed by atoms with Crippen LogP contribution in [0.15, 0.2) is 48.7 Å². The lowest BCUT2D eigenvalue weighted by atomic mass is 10.2. The highest BCUT2D eigenvalue weighted by Crippen LogP contribution is 2.12. The molecule has 1 saturated heterocycles. The Kier molecular flexibility index (Phi) is 5.20. The third-order valence-corrected chi connectivity index (χ3v) is 4.51. The van der Waals surface area contributed by atoms with E-state index < -0.39 is 0 Å². The van der Waals surface area contributed by atoms with Gasteiger partial charge in [-0.25, -0.2) is 0 Å². The average molecular weight is 327 g/mol. The summed E-state index contributed by atoms with van der Waals surface area (Å²) in [5.41, 5.74) is 1.91. The van der Waals surface area contributed by atoms with Crippen LogP contribution in [0.5, 0.6) is 0 Å². The number of pyridine rings is 1. The number of amides is 1. The van der Waals surface area contributed by atoms with Crippen LogP contribution in [-0.2, 0) is 6.54 Å². The Morgan fingerprint density at radius 1 is 1.04 bits per heavy atom. The van der Waals surface area contributed by atoms with Crippen molar-refractivity contribution in [1.82, 2.24) is 14.8 Å². The number of H-pyrrole nitrogens is 1. The van der Waals surface area contributed by atoms with Crippen LogP contribution in [0.25, 0.3) is 0 Å². The second kappa shape index (κ2) is 7.53. The Labute approximate surface area is 141 Å². The van der Waals surface area contributed by atoms with Crippen LogP contribution in [-0.4, -0.2) is 46.9 Å². The summed E-state index contributed by atoms with van der Waals surface area (Å²) in [6.07, 6.45) is 2.74. The van der Waals surface area contributed by atoms with Gasteiger partial charge in [-0.05, 0) is 24.1 Å². The number of hydrogen-bond acceptors (Lipinski definition) is 3. The summed E-state index contributed by atoms with van der Waals surface area (Å²) in [6.45, 7) is 4.38. The van der Waals surface area contributed by atoms with Gasteiger partial charge in [-0.1, -0.05) is 42.5 Å². The molecule has 2 aromatic rings. The molecule has 23 heavy (non-hydrogen) atoms. The number of aromatic nitrogens is 1. The Morgan fingerprint density at radius 2 is 1.87 bits per heavy atom. The van der Waals surface area contributed by atoms with Gasteiger partial charge in [0.05, 0.1) is 5.56 Å². The van der Waals surface area contributed by atoms with Gasteiger partial charge >= 0.3 is 0 Å². The summed E-state index contributed by atoms with van der Waals surface area (Å²) >= 11 is 5.23. The van der Waals surface area contributed by atoms with Crippen molar-refractivity contribution < 1.29 is 4.79 Å². The fourth-order valence-electron chi connectivity index (χ4n) is 2.93. The third kappa shape index (κ3) is 4.06. The van der Waals surface area contributed by atoms with Gasteiger partial charge in [-0.15, -0.1) is 0 Å². The second-order valence-electron chi connectivity index (χ2n) is 5.82. The molecule has 1 aromatic heterocycles. The normalized spacial score (nSPS) is 16.1. The topological polar surface area (TPSA) is 39.3 Å². The quantitative estimate of drug-likeness (QED) is 0.881. The van der Waals surface area contributed by atoms with Crippen LogP contribution < -0.4 is 0 Å². The molecule has 1 aromatic carbocycles. The molecule has 1 aliphatic rings. The lowest BCUT2D eigenvalue weighted by molar-refractivity contribution is 0.0760. The Balaban J connectivity index is 1.63. The number of nitrogens with zero attached hydrogens (tertiary/aromatic N) is 2. The molecule has 5 heteroatoms. The molecule has 1 fully saturated rings. The minimum atomic E-state index is 0.0356. The largest absolute Gasteiger partial charge is 0.352 e. The highest BCUT2D eigenvalue weighted by Gasteiger charge is 2.21. The van der Waals surface area contributed by atoms with Crippen molar-refractivity contribution >= 4 is 18.1 Å². The molecule has 0 bridgehead atoms. The molecule has 1 amide bonds. The van der Waals surface area contributed by atoms with Crippen molar-refractivity contribution in [3.63, 3.8) is 0 Å². The van der Waals surface area contributed by atoms with Gasteiger partial charge in [-0.2, -0.15) is 0 Å². The molecule has 3 rings (SSSR count). The molecule has 1 N–H and O–H groups in total. The lowest BCUT2D eigenvalue weighted by Gasteiger charge is -2.22. The molecule has 1 aliphatic heterocycles. The number of aromatic amines is 1. The summed E-state index contributed by atoms with van der Waals surface area (Å²) in [7, 11) is 0. The smallest absolute Gasteiger partial charge is 0.256 e. The Morgan fingerprint density at radius 3 is 2.65 bits per heavy atom. The van der Waals surface area contributed by atoms with Crippen molar-refractivity contribution in [3.8, 4) is 0 Å². The van der Waals surface area contributed by atoms with E-state index in [1.165, 1.54) is 5.56 Å². The summed E-state index contributed by atoms with van der Waals surface area (Å²) in [5, 5.41) is 0. The van der Waals surface area contributed by atoms with Gasteiger partial charge in [-0.3, -0.25) is 9.69 Å². The molecular formula is C18H21N3OS. The van der Waals surface area contributed by atoms with Crippen molar-refractivity contribution in [3.05, 3.63) is 64.4 Å².